The summed E-state index contributed by atoms with van der Waals surface area (Å²) < 4.78 is 12.5. The number of hydrogen-bond donors (Lipinski definition) is 0. The second-order valence-electron chi connectivity index (χ2n) is 9.18. The standard InChI is InChI=1S/C26H36O2Si/c1-6-20-28-22-18-16-21(17-19-22)24-14-10-11-15-25(24)29(27-5,26(2,3)4)23-12-8-7-9-13-23/h6-15,21-22H,1,16-20H2,2-5H3. The van der Waals surface area contributed by atoms with Crippen LogP contribution in [-0.2, 0) is 9.16 Å². The van der Waals surface area contributed by atoms with Crippen LogP contribution >= 0.6 is 0 Å². The minimum Gasteiger partial charge on any atom is -0.411 e. The van der Waals surface area contributed by atoms with Gasteiger partial charge in [0.05, 0.1) is 12.7 Å². The minimum absolute atomic E-state index is 0.0312. The van der Waals surface area contributed by atoms with Crippen LogP contribution in [0, 0.1) is 0 Å². The summed E-state index contributed by atoms with van der Waals surface area (Å²) in [6.45, 7) is 11.4. The predicted molar refractivity (Wildman–Crippen MR) is 126 cm³/mol. The smallest absolute Gasteiger partial charge is 0.260 e. The Kier molecular flexibility index (Phi) is 7.15. The van der Waals surface area contributed by atoms with Gasteiger partial charge >= 0.3 is 0 Å². The molecule has 0 spiro atoms. The molecular formula is C26H36O2Si. The lowest BCUT2D eigenvalue weighted by molar-refractivity contribution is 0.0424. The van der Waals surface area contributed by atoms with Crippen LogP contribution in [0.2, 0.25) is 5.04 Å². The molecule has 0 N–H and O–H groups in total. The van der Waals surface area contributed by atoms with Crippen molar-refractivity contribution < 1.29 is 9.16 Å². The van der Waals surface area contributed by atoms with Crippen molar-refractivity contribution >= 4 is 18.7 Å². The van der Waals surface area contributed by atoms with Gasteiger partial charge in [0.2, 0.25) is 0 Å². The van der Waals surface area contributed by atoms with E-state index in [2.05, 4.69) is 81.9 Å². The summed E-state index contributed by atoms with van der Waals surface area (Å²) in [5.74, 6) is 0.572. The summed E-state index contributed by atoms with van der Waals surface area (Å²) in [6.07, 6.45) is 6.81. The Balaban J connectivity index is 2.01. The zero-order chi connectivity index (χ0) is 20.9. The van der Waals surface area contributed by atoms with Gasteiger partial charge in [-0.15, -0.1) is 6.58 Å². The molecule has 0 heterocycles. The molecule has 0 aliphatic heterocycles. The van der Waals surface area contributed by atoms with Crippen molar-refractivity contribution in [2.45, 2.75) is 63.5 Å². The molecule has 1 aliphatic carbocycles. The van der Waals surface area contributed by atoms with Crippen molar-refractivity contribution in [1.29, 1.82) is 0 Å². The maximum absolute atomic E-state index is 6.58. The Hall–Kier alpha value is -1.68. The van der Waals surface area contributed by atoms with E-state index in [1.807, 2.05) is 13.2 Å². The molecule has 0 aromatic heterocycles. The Morgan fingerprint density at radius 3 is 2.17 bits per heavy atom. The quantitative estimate of drug-likeness (QED) is 0.450. The molecule has 0 saturated heterocycles. The SMILES string of the molecule is C=CCOC1CCC(c2ccccc2[Si](OC)(c2ccccc2)C(C)(C)C)CC1. The average molecular weight is 409 g/mol. The molecule has 0 bridgehead atoms. The van der Waals surface area contributed by atoms with Crippen molar-refractivity contribution in [3.63, 3.8) is 0 Å². The first-order chi connectivity index (χ1) is 13.9. The lowest BCUT2D eigenvalue weighted by Crippen LogP contribution is -2.67. The third-order valence-electron chi connectivity index (χ3n) is 6.45. The molecule has 1 atom stereocenters. The number of rotatable bonds is 7. The Morgan fingerprint density at radius 1 is 0.966 bits per heavy atom. The molecule has 1 saturated carbocycles. The fourth-order valence-electron chi connectivity index (χ4n) is 5.12. The molecule has 2 nitrogen and oxygen atoms in total. The van der Waals surface area contributed by atoms with Gasteiger partial charge in [0, 0.05) is 7.11 Å². The molecule has 29 heavy (non-hydrogen) atoms. The largest absolute Gasteiger partial charge is 0.411 e. The Bertz CT molecular complexity index is 788. The zero-order valence-corrected chi connectivity index (χ0v) is 19.5. The summed E-state index contributed by atoms with van der Waals surface area (Å²) in [4.78, 5) is 0. The highest BCUT2D eigenvalue weighted by molar-refractivity contribution is 6.99. The van der Waals surface area contributed by atoms with Gasteiger partial charge in [0.1, 0.15) is 0 Å². The van der Waals surface area contributed by atoms with Gasteiger partial charge in [-0.25, -0.2) is 0 Å². The first kappa shape index (κ1) is 22.0. The summed E-state index contributed by atoms with van der Waals surface area (Å²) in [5, 5.41) is 2.82. The van der Waals surface area contributed by atoms with E-state index in [0.29, 0.717) is 18.6 Å². The van der Waals surface area contributed by atoms with Gasteiger partial charge in [0.15, 0.2) is 0 Å². The summed E-state index contributed by atoms with van der Waals surface area (Å²) in [6, 6.07) is 20.0. The van der Waals surface area contributed by atoms with E-state index in [4.69, 9.17) is 9.16 Å². The van der Waals surface area contributed by atoms with Gasteiger partial charge in [-0.1, -0.05) is 81.4 Å². The van der Waals surface area contributed by atoms with Gasteiger partial charge in [0.25, 0.3) is 8.32 Å². The highest BCUT2D eigenvalue weighted by Crippen LogP contribution is 2.40. The van der Waals surface area contributed by atoms with E-state index < -0.39 is 8.32 Å². The van der Waals surface area contributed by atoms with Gasteiger partial charge in [-0.2, -0.15) is 0 Å². The highest BCUT2D eigenvalue weighted by atomic mass is 28.4. The topological polar surface area (TPSA) is 18.5 Å². The maximum atomic E-state index is 6.58. The van der Waals surface area contributed by atoms with Crippen molar-refractivity contribution in [2.24, 2.45) is 0 Å². The average Bonchev–Trinajstić information content (AvgIpc) is 2.74. The third kappa shape index (κ3) is 4.42. The molecule has 2 aromatic rings. The minimum atomic E-state index is -2.43. The summed E-state index contributed by atoms with van der Waals surface area (Å²) in [7, 11) is -0.516. The second kappa shape index (κ2) is 9.42. The van der Waals surface area contributed by atoms with Crippen LogP contribution in [0.15, 0.2) is 67.3 Å². The van der Waals surface area contributed by atoms with Crippen molar-refractivity contribution in [2.75, 3.05) is 13.7 Å². The van der Waals surface area contributed by atoms with Crippen molar-refractivity contribution in [3.8, 4) is 0 Å². The second-order valence-corrected chi connectivity index (χ2v) is 13.6. The Labute approximate surface area is 178 Å². The van der Waals surface area contributed by atoms with Crippen LogP contribution in [0.5, 0.6) is 0 Å². The highest BCUT2D eigenvalue weighted by Gasteiger charge is 2.50. The Morgan fingerprint density at radius 2 is 1.59 bits per heavy atom. The maximum Gasteiger partial charge on any atom is 0.260 e. The molecule has 3 heteroatoms. The van der Waals surface area contributed by atoms with Crippen LogP contribution in [0.25, 0.3) is 0 Å². The number of ether oxygens (including phenoxy) is 1. The van der Waals surface area contributed by atoms with Crippen LogP contribution in [0.1, 0.15) is 57.9 Å². The van der Waals surface area contributed by atoms with Crippen LogP contribution < -0.4 is 10.4 Å². The lowest BCUT2D eigenvalue weighted by Gasteiger charge is -2.44. The first-order valence-corrected chi connectivity index (χ1v) is 12.8. The molecule has 1 unspecified atom stereocenters. The molecule has 1 fully saturated rings. The molecule has 3 rings (SSSR count). The molecule has 1 aliphatic rings. The predicted octanol–water partition coefficient (Wildman–Crippen LogP) is 5.42. The van der Waals surface area contributed by atoms with E-state index in [9.17, 15) is 0 Å². The lowest BCUT2D eigenvalue weighted by atomic mass is 9.82. The number of benzene rings is 2. The van der Waals surface area contributed by atoms with Crippen LogP contribution in [0.3, 0.4) is 0 Å². The normalized spacial score (nSPS) is 22.1. The van der Waals surface area contributed by atoms with Crippen molar-refractivity contribution in [3.05, 3.63) is 72.8 Å². The van der Waals surface area contributed by atoms with Gasteiger partial charge in [-0.05, 0) is 52.6 Å². The molecule has 0 radical (unpaired) electrons. The molecule has 156 valence electrons. The van der Waals surface area contributed by atoms with Crippen molar-refractivity contribution in [1.82, 2.24) is 0 Å². The summed E-state index contributed by atoms with van der Waals surface area (Å²) >= 11 is 0. The van der Waals surface area contributed by atoms with E-state index in [-0.39, 0.29) is 5.04 Å². The zero-order valence-electron chi connectivity index (χ0n) is 18.5. The first-order valence-electron chi connectivity index (χ1n) is 10.9. The number of hydrogen-bond acceptors (Lipinski definition) is 2. The van der Waals surface area contributed by atoms with Crippen LogP contribution in [0.4, 0.5) is 0 Å². The van der Waals surface area contributed by atoms with Gasteiger partial charge < -0.3 is 9.16 Å². The molecule has 0 amide bonds. The molecular weight excluding hydrogens is 372 g/mol. The van der Waals surface area contributed by atoms with E-state index in [1.165, 1.54) is 28.8 Å². The fourth-order valence-corrected chi connectivity index (χ4v) is 9.86. The third-order valence-corrected chi connectivity index (χ3v) is 11.5. The fraction of sp³-hybridized carbons (Fsp3) is 0.462. The monoisotopic (exact) mass is 408 g/mol. The summed E-state index contributed by atoms with van der Waals surface area (Å²) in [5.41, 5.74) is 1.49. The molecule has 2 aromatic carbocycles. The van der Waals surface area contributed by atoms with Gasteiger partial charge in [-0.3, -0.25) is 0 Å². The van der Waals surface area contributed by atoms with E-state index >= 15 is 0 Å². The van der Waals surface area contributed by atoms with E-state index in [1.54, 1.807) is 0 Å². The van der Waals surface area contributed by atoms with Crippen LogP contribution in [-0.4, -0.2) is 28.1 Å². The van der Waals surface area contributed by atoms with E-state index in [0.717, 1.165) is 12.8 Å².